The average Bonchev–Trinajstić information content (AvgIpc) is 3.09. The zero-order valence-corrected chi connectivity index (χ0v) is 16.7. The summed E-state index contributed by atoms with van der Waals surface area (Å²) in [6.45, 7) is 5.02. The first-order chi connectivity index (χ1) is 12.3. The van der Waals surface area contributed by atoms with Crippen LogP contribution < -0.4 is 14.4 Å². The topological polar surface area (TPSA) is 91.8 Å². The molecule has 0 saturated heterocycles. The molecule has 142 valence electrons. The molecule has 0 amide bonds. The maximum absolute atomic E-state index is 12.7. The van der Waals surface area contributed by atoms with E-state index in [1.54, 1.807) is 17.5 Å². The third kappa shape index (κ3) is 3.51. The lowest BCUT2D eigenvalue weighted by Crippen LogP contribution is -2.29. The molecule has 1 aliphatic rings. The summed E-state index contributed by atoms with van der Waals surface area (Å²) in [5.74, 6) is 0.671. The molecule has 0 fully saturated rings. The Morgan fingerprint density at radius 3 is 2.81 bits per heavy atom. The number of fused-ring (bicyclic) bond motifs is 1. The molecule has 0 saturated carbocycles. The van der Waals surface area contributed by atoms with Gasteiger partial charge in [-0.15, -0.1) is 11.3 Å². The Bertz CT molecular complexity index is 891. The van der Waals surface area contributed by atoms with Gasteiger partial charge in [0.05, 0.1) is 22.8 Å². The van der Waals surface area contributed by atoms with E-state index < -0.39 is 15.6 Å². The molecular formula is C17H23N3O4S2. The van der Waals surface area contributed by atoms with Crippen molar-refractivity contribution in [3.63, 3.8) is 0 Å². The highest BCUT2D eigenvalue weighted by Crippen LogP contribution is 2.34. The summed E-state index contributed by atoms with van der Waals surface area (Å²) in [6.07, 6.45) is 1.02. The van der Waals surface area contributed by atoms with E-state index in [0.29, 0.717) is 37.4 Å². The van der Waals surface area contributed by atoms with Crippen molar-refractivity contribution in [2.75, 3.05) is 29.8 Å². The molecule has 7 nitrogen and oxygen atoms in total. The highest BCUT2D eigenvalue weighted by Gasteiger charge is 2.29. The minimum absolute atomic E-state index is 0.145. The number of ether oxygens (including phenoxy) is 1. The van der Waals surface area contributed by atoms with Gasteiger partial charge in [0.2, 0.25) is 0 Å². The number of hydrogen-bond acceptors (Lipinski definition) is 7. The molecule has 1 aromatic heterocycles. The van der Waals surface area contributed by atoms with Crippen molar-refractivity contribution in [3.05, 3.63) is 29.3 Å². The third-order valence-electron chi connectivity index (χ3n) is 4.71. The number of rotatable bonds is 6. The maximum atomic E-state index is 12.7. The van der Waals surface area contributed by atoms with E-state index in [1.165, 1.54) is 6.07 Å². The van der Waals surface area contributed by atoms with Crippen molar-refractivity contribution in [1.29, 1.82) is 0 Å². The Balaban J connectivity index is 1.86. The molecule has 0 atom stereocenters. The van der Waals surface area contributed by atoms with Crippen LogP contribution in [0.4, 0.5) is 10.8 Å². The van der Waals surface area contributed by atoms with Crippen molar-refractivity contribution in [1.82, 2.24) is 4.98 Å². The predicted molar refractivity (Wildman–Crippen MR) is 103 cm³/mol. The van der Waals surface area contributed by atoms with Crippen LogP contribution in [0.15, 0.2) is 28.5 Å². The van der Waals surface area contributed by atoms with E-state index in [0.717, 1.165) is 17.0 Å². The fourth-order valence-electron chi connectivity index (χ4n) is 2.82. The molecule has 0 bridgehead atoms. The first-order valence-corrected chi connectivity index (χ1v) is 10.8. The van der Waals surface area contributed by atoms with Crippen LogP contribution in [0.1, 0.15) is 32.4 Å². The summed E-state index contributed by atoms with van der Waals surface area (Å²) >= 11 is 1.16. The van der Waals surface area contributed by atoms with Gasteiger partial charge >= 0.3 is 0 Å². The molecule has 26 heavy (non-hydrogen) atoms. The number of thiazole rings is 1. The molecule has 0 radical (unpaired) electrons. The van der Waals surface area contributed by atoms with Crippen molar-refractivity contribution >= 4 is 32.2 Å². The molecule has 1 aromatic carbocycles. The van der Waals surface area contributed by atoms with E-state index in [4.69, 9.17) is 4.74 Å². The first kappa shape index (κ1) is 18.9. The van der Waals surface area contributed by atoms with Gasteiger partial charge in [-0.05, 0) is 31.0 Å². The Kier molecular flexibility index (Phi) is 5.14. The lowest BCUT2D eigenvalue weighted by Gasteiger charge is -2.28. The van der Waals surface area contributed by atoms with Gasteiger partial charge in [-0.1, -0.05) is 13.8 Å². The normalized spacial score (nSPS) is 14.7. The molecule has 2 N–H and O–H groups in total. The van der Waals surface area contributed by atoms with Gasteiger partial charge in [0.1, 0.15) is 18.0 Å². The second-order valence-corrected chi connectivity index (χ2v) is 8.82. The van der Waals surface area contributed by atoms with Crippen LogP contribution in [-0.4, -0.2) is 38.7 Å². The number of anilines is 2. The summed E-state index contributed by atoms with van der Waals surface area (Å²) in [6, 6.07) is 4.78. The minimum atomic E-state index is -3.78. The number of likely N-dealkylation sites (N-methyl/N-ethyl adjacent to an activating group) is 1. The molecule has 0 unspecified atom stereocenters. The van der Waals surface area contributed by atoms with E-state index in [1.807, 2.05) is 25.8 Å². The second kappa shape index (κ2) is 7.05. The standard InChI is InChI=1S/C17H23N3O4S2/c1-4-17(21,5-2)15-11-25-16(18-15)19-26(22,23)12-6-7-14-13(10-12)20(3)8-9-24-14/h6-7,10-11,21H,4-5,8-9H2,1-3H3,(H,18,19). The van der Waals surface area contributed by atoms with Gasteiger partial charge in [-0.2, -0.15) is 0 Å². The maximum Gasteiger partial charge on any atom is 0.263 e. The lowest BCUT2D eigenvalue weighted by atomic mass is 9.94. The number of aliphatic hydroxyl groups is 1. The number of sulfonamides is 1. The highest BCUT2D eigenvalue weighted by molar-refractivity contribution is 7.93. The quantitative estimate of drug-likeness (QED) is 0.779. The summed E-state index contributed by atoms with van der Waals surface area (Å²) in [5, 5.41) is 12.5. The van der Waals surface area contributed by atoms with Gasteiger partial charge in [-0.25, -0.2) is 13.4 Å². The van der Waals surface area contributed by atoms with Crippen LogP contribution in [0.5, 0.6) is 5.75 Å². The van der Waals surface area contributed by atoms with Crippen molar-refractivity contribution in [3.8, 4) is 5.75 Å². The van der Waals surface area contributed by atoms with E-state index in [2.05, 4.69) is 9.71 Å². The fraction of sp³-hybridized carbons (Fsp3) is 0.471. The zero-order chi connectivity index (χ0) is 18.9. The number of hydrogen-bond donors (Lipinski definition) is 2. The molecular weight excluding hydrogens is 374 g/mol. The first-order valence-electron chi connectivity index (χ1n) is 8.48. The highest BCUT2D eigenvalue weighted by atomic mass is 32.2. The van der Waals surface area contributed by atoms with E-state index in [-0.39, 0.29) is 10.0 Å². The molecule has 2 aromatic rings. The number of nitrogens with one attached hydrogen (secondary N) is 1. The zero-order valence-electron chi connectivity index (χ0n) is 15.0. The van der Waals surface area contributed by atoms with Crippen LogP contribution in [0, 0.1) is 0 Å². The van der Waals surface area contributed by atoms with Crippen LogP contribution in [-0.2, 0) is 15.6 Å². The van der Waals surface area contributed by atoms with E-state index >= 15 is 0 Å². The summed E-state index contributed by atoms with van der Waals surface area (Å²) in [4.78, 5) is 6.39. The molecule has 3 rings (SSSR count). The predicted octanol–water partition coefficient (Wildman–Crippen LogP) is 2.78. The van der Waals surface area contributed by atoms with Gasteiger partial charge in [0, 0.05) is 12.4 Å². The van der Waals surface area contributed by atoms with Gasteiger partial charge in [0.25, 0.3) is 10.0 Å². The Hall–Kier alpha value is -1.84. The van der Waals surface area contributed by atoms with Crippen LogP contribution in [0.3, 0.4) is 0 Å². The monoisotopic (exact) mass is 397 g/mol. The van der Waals surface area contributed by atoms with Gasteiger partial charge < -0.3 is 14.7 Å². The fourth-order valence-corrected chi connectivity index (χ4v) is 4.89. The van der Waals surface area contributed by atoms with Crippen molar-refractivity contribution in [2.24, 2.45) is 0 Å². The van der Waals surface area contributed by atoms with Crippen molar-refractivity contribution < 1.29 is 18.3 Å². The van der Waals surface area contributed by atoms with Crippen molar-refractivity contribution in [2.45, 2.75) is 37.2 Å². The molecule has 9 heteroatoms. The number of aromatic nitrogens is 1. The smallest absolute Gasteiger partial charge is 0.263 e. The molecule has 1 aliphatic heterocycles. The Morgan fingerprint density at radius 2 is 2.12 bits per heavy atom. The van der Waals surface area contributed by atoms with Crippen LogP contribution >= 0.6 is 11.3 Å². The molecule has 0 spiro atoms. The number of benzene rings is 1. The molecule has 2 heterocycles. The second-order valence-electron chi connectivity index (χ2n) is 6.28. The summed E-state index contributed by atoms with van der Waals surface area (Å²) in [5.41, 5.74) is 0.195. The third-order valence-corrected chi connectivity index (χ3v) is 6.93. The Morgan fingerprint density at radius 1 is 1.38 bits per heavy atom. The van der Waals surface area contributed by atoms with E-state index in [9.17, 15) is 13.5 Å². The summed E-state index contributed by atoms with van der Waals surface area (Å²) < 4.78 is 33.5. The average molecular weight is 398 g/mol. The lowest BCUT2D eigenvalue weighted by molar-refractivity contribution is 0.0247. The SMILES string of the molecule is CCC(O)(CC)c1csc(NS(=O)(=O)c2ccc3c(c2)N(C)CCO3)n1. The van der Waals surface area contributed by atoms with Crippen LogP contribution in [0.2, 0.25) is 0 Å². The Labute approximate surface area is 157 Å². The minimum Gasteiger partial charge on any atom is -0.490 e. The van der Waals surface area contributed by atoms with Gasteiger partial charge in [-0.3, -0.25) is 4.72 Å². The molecule has 0 aliphatic carbocycles. The van der Waals surface area contributed by atoms with Crippen LogP contribution in [0.25, 0.3) is 0 Å². The van der Waals surface area contributed by atoms with Gasteiger partial charge in [0.15, 0.2) is 5.13 Å². The number of nitrogens with zero attached hydrogens (tertiary/aromatic N) is 2. The largest absolute Gasteiger partial charge is 0.490 e. The summed E-state index contributed by atoms with van der Waals surface area (Å²) in [7, 11) is -1.88.